The van der Waals surface area contributed by atoms with Gasteiger partial charge in [0.2, 0.25) is 0 Å². The summed E-state index contributed by atoms with van der Waals surface area (Å²) in [5.41, 5.74) is -0.292. The first-order chi connectivity index (χ1) is 9.58. The Hall–Kier alpha value is -0.610. The molecule has 1 heterocycles. The first-order valence-electron chi connectivity index (χ1n) is 7.33. The Morgan fingerprint density at radius 3 is 2.00 bits per heavy atom. The van der Waals surface area contributed by atoms with E-state index in [4.69, 9.17) is 13.5 Å². The third-order valence-electron chi connectivity index (χ3n) is 2.98. The molecule has 0 aliphatic carbocycles. The van der Waals surface area contributed by atoms with E-state index in [9.17, 15) is 4.57 Å². The third-order valence-corrected chi connectivity index (χ3v) is 5.61. The predicted molar refractivity (Wildman–Crippen MR) is 84.5 cm³/mol. The fourth-order valence-corrected chi connectivity index (χ4v) is 4.46. The van der Waals surface area contributed by atoms with Crippen molar-refractivity contribution < 1.29 is 18.0 Å². The lowest BCUT2D eigenvalue weighted by Crippen LogP contribution is -2.50. The van der Waals surface area contributed by atoms with Crippen LogP contribution in [0.25, 0.3) is 0 Å². The van der Waals surface area contributed by atoms with Crippen LogP contribution < -0.4 is 5.32 Å². The van der Waals surface area contributed by atoms with Gasteiger partial charge >= 0.3 is 7.60 Å². The van der Waals surface area contributed by atoms with Gasteiger partial charge in [0.25, 0.3) is 0 Å². The molecule has 0 aliphatic heterocycles. The van der Waals surface area contributed by atoms with E-state index in [1.54, 1.807) is 13.8 Å². The smallest absolute Gasteiger partial charge is 0.358 e. The third kappa shape index (κ3) is 4.19. The molecule has 1 unspecified atom stereocenters. The van der Waals surface area contributed by atoms with Gasteiger partial charge in [0.1, 0.15) is 11.5 Å². The number of aryl methyl sites for hydroxylation is 1. The Balaban J connectivity index is 3.38. The van der Waals surface area contributed by atoms with E-state index in [0.29, 0.717) is 19.0 Å². The summed E-state index contributed by atoms with van der Waals surface area (Å²) < 4.78 is 30.2. The summed E-state index contributed by atoms with van der Waals surface area (Å²) in [6.07, 6.45) is 0. The summed E-state index contributed by atoms with van der Waals surface area (Å²) >= 11 is 0. The van der Waals surface area contributed by atoms with Crippen molar-refractivity contribution in [2.24, 2.45) is 0 Å². The molecule has 5 nitrogen and oxygen atoms in total. The van der Waals surface area contributed by atoms with Gasteiger partial charge in [-0.15, -0.1) is 0 Å². The van der Waals surface area contributed by atoms with E-state index in [1.165, 1.54) is 0 Å². The predicted octanol–water partition coefficient (Wildman–Crippen LogP) is 4.41. The summed E-state index contributed by atoms with van der Waals surface area (Å²) in [6.45, 7) is 13.9. The fourth-order valence-electron chi connectivity index (χ4n) is 2.33. The van der Waals surface area contributed by atoms with Crippen LogP contribution in [0.15, 0.2) is 16.5 Å². The number of nitrogens with one attached hydrogen (secondary N) is 1. The summed E-state index contributed by atoms with van der Waals surface area (Å²) in [4.78, 5) is 0. The van der Waals surface area contributed by atoms with Crippen LogP contribution in [0.3, 0.4) is 0 Å². The molecule has 0 fully saturated rings. The minimum atomic E-state index is -3.45. The van der Waals surface area contributed by atoms with Gasteiger partial charge in [-0.05, 0) is 60.6 Å². The average molecular weight is 317 g/mol. The van der Waals surface area contributed by atoms with Crippen LogP contribution in [0.2, 0.25) is 0 Å². The molecule has 0 bridgehead atoms. The number of hydrogen-bond donors (Lipinski definition) is 1. The first-order valence-corrected chi connectivity index (χ1v) is 8.87. The molecule has 0 saturated carbocycles. The van der Waals surface area contributed by atoms with E-state index >= 15 is 0 Å². The van der Waals surface area contributed by atoms with Gasteiger partial charge in [-0.3, -0.25) is 9.88 Å². The Bertz CT molecular complexity index is 496. The molecule has 0 radical (unpaired) electrons. The highest BCUT2D eigenvalue weighted by molar-refractivity contribution is 7.55. The molecule has 1 rings (SSSR count). The van der Waals surface area contributed by atoms with E-state index in [2.05, 4.69) is 5.32 Å². The maximum absolute atomic E-state index is 13.4. The average Bonchev–Trinajstić information content (AvgIpc) is 2.74. The minimum absolute atomic E-state index is 0.292. The van der Waals surface area contributed by atoms with Gasteiger partial charge in [0.05, 0.1) is 13.2 Å². The number of rotatable bonds is 7. The molecule has 1 aromatic heterocycles. The van der Waals surface area contributed by atoms with Crippen LogP contribution in [-0.4, -0.2) is 18.8 Å². The van der Waals surface area contributed by atoms with Crippen LogP contribution in [0, 0.1) is 6.92 Å². The maximum atomic E-state index is 13.4. The molecule has 0 saturated heterocycles. The zero-order chi connectivity index (χ0) is 16.3. The summed E-state index contributed by atoms with van der Waals surface area (Å²) in [5, 5.41) is 2.32. The summed E-state index contributed by atoms with van der Waals surface area (Å²) in [5.74, 6) is 1.31. The standard InChI is InChI=1S/C15H28NO4P/c1-8-18-21(17,19-9-2)15(7,16-14(4,5)6)13-11-10-12(3)20-13/h10-11,16H,8-9H2,1-7H3. The second kappa shape index (κ2) is 6.66. The molecule has 122 valence electrons. The number of hydrogen-bond acceptors (Lipinski definition) is 5. The molecule has 0 amide bonds. The van der Waals surface area contributed by atoms with Crippen LogP contribution in [0.1, 0.15) is 53.1 Å². The zero-order valence-corrected chi connectivity index (χ0v) is 15.0. The van der Waals surface area contributed by atoms with Gasteiger partial charge in [-0.2, -0.15) is 0 Å². The molecule has 21 heavy (non-hydrogen) atoms. The summed E-state index contributed by atoms with van der Waals surface area (Å²) in [6, 6.07) is 3.67. The maximum Gasteiger partial charge on any atom is 0.358 e. The zero-order valence-electron chi connectivity index (χ0n) is 14.1. The van der Waals surface area contributed by atoms with Gasteiger partial charge in [0, 0.05) is 5.54 Å². The van der Waals surface area contributed by atoms with Gasteiger partial charge < -0.3 is 13.5 Å². The lowest BCUT2D eigenvalue weighted by atomic mass is 10.1. The van der Waals surface area contributed by atoms with E-state index in [1.807, 2.05) is 46.8 Å². The molecule has 1 aromatic rings. The van der Waals surface area contributed by atoms with Crippen molar-refractivity contribution in [3.63, 3.8) is 0 Å². The van der Waals surface area contributed by atoms with Crippen molar-refractivity contribution in [2.75, 3.05) is 13.2 Å². The quantitative estimate of drug-likeness (QED) is 0.755. The van der Waals surface area contributed by atoms with Crippen LogP contribution >= 0.6 is 7.60 Å². The normalized spacial score (nSPS) is 16.0. The van der Waals surface area contributed by atoms with Gasteiger partial charge in [0.15, 0.2) is 5.28 Å². The lowest BCUT2D eigenvalue weighted by Gasteiger charge is -2.40. The van der Waals surface area contributed by atoms with E-state index in [0.717, 1.165) is 5.76 Å². The van der Waals surface area contributed by atoms with Crippen molar-refractivity contribution >= 4 is 7.60 Å². The summed E-state index contributed by atoms with van der Waals surface area (Å²) in [7, 11) is -3.45. The van der Waals surface area contributed by atoms with Crippen LogP contribution in [0.4, 0.5) is 0 Å². The Kier molecular flexibility index (Phi) is 5.84. The highest BCUT2D eigenvalue weighted by Crippen LogP contribution is 2.64. The molecular weight excluding hydrogens is 289 g/mol. The molecule has 1 N–H and O–H groups in total. The topological polar surface area (TPSA) is 60.7 Å². The second-order valence-corrected chi connectivity index (χ2v) is 8.60. The molecule has 0 aliphatic rings. The van der Waals surface area contributed by atoms with Gasteiger partial charge in [-0.1, -0.05) is 0 Å². The molecule has 0 spiro atoms. The van der Waals surface area contributed by atoms with Crippen molar-refractivity contribution in [1.82, 2.24) is 5.32 Å². The molecule has 1 atom stereocenters. The minimum Gasteiger partial charge on any atom is -0.464 e. The van der Waals surface area contributed by atoms with E-state index < -0.39 is 12.9 Å². The fraction of sp³-hybridized carbons (Fsp3) is 0.733. The van der Waals surface area contributed by atoms with Crippen LogP contribution in [0.5, 0.6) is 0 Å². The molecular formula is C15H28NO4P. The Morgan fingerprint density at radius 2 is 1.67 bits per heavy atom. The van der Waals surface area contributed by atoms with Crippen molar-refractivity contribution in [1.29, 1.82) is 0 Å². The van der Waals surface area contributed by atoms with Crippen molar-refractivity contribution in [3.8, 4) is 0 Å². The largest absolute Gasteiger partial charge is 0.464 e. The SMILES string of the molecule is CCOP(=O)(OCC)C(C)(NC(C)(C)C)c1ccc(C)o1. The lowest BCUT2D eigenvalue weighted by molar-refractivity contribution is 0.167. The highest BCUT2D eigenvalue weighted by Gasteiger charge is 2.52. The molecule has 0 aromatic carbocycles. The van der Waals surface area contributed by atoms with E-state index in [-0.39, 0.29) is 5.54 Å². The van der Waals surface area contributed by atoms with Crippen molar-refractivity contribution in [2.45, 2.75) is 59.3 Å². The van der Waals surface area contributed by atoms with Crippen LogP contribution in [-0.2, 0) is 18.9 Å². The first kappa shape index (κ1) is 18.4. The highest BCUT2D eigenvalue weighted by atomic mass is 31.2. The molecule has 6 heteroatoms. The number of furan rings is 1. The van der Waals surface area contributed by atoms with Gasteiger partial charge in [-0.25, -0.2) is 0 Å². The Labute approximate surface area is 127 Å². The Morgan fingerprint density at radius 1 is 1.14 bits per heavy atom. The monoisotopic (exact) mass is 317 g/mol. The van der Waals surface area contributed by atoms with Crippen molar-refractivity contribution in [3.05, 3.63) is 23.7 Å². The second-order valence-electron chi connectivity index (χ2n) is 6.19.